The Morgan fingerprint density at radius 1 is 1.57 bits per heavy atom. The fourth-order valence-corrected chi connectivity index (χ4v) is 0.874. The van der Waals surface area contributed by atoms with Crippen LogP contribution in [-0.2, 0) is 11.2 Å². The molecule has 0 saturated carbocycles. The first-order valence-electron chi connectivity index (χ1n) is 4.38. The first-order valence-corrected chi connectivity index (χ1v) is 4.38. The zero-order chi connectivity index (χ0) is 10.6. The van der Waals surface area contributed by atoms with Crippen LogP contribution in [-0.4, -0.2) is 27.3 Å². The van der Waals surface area contributed by atoms with Gasteiger partial charge in [0.1, 0.15) is 0 Å². The van der Waals surface area contributed by atoms with Crippen LogP contribution in [0, 0.1) is 0 Å². The Hall–Kier alpha value is -1.59. The molecule has 1 rings (SSSR count). The molecule has 0 amide bonds. The van der Waals surface area contributed by atoms with Crippen LogP contribution in [0.25, 0.3) is 0 Å². The van der Waals surface area contributed by atoms with E-state index in [0.717, 1.165) is 0 Å². The van der Waals surface area contributed by atoms with Gasteiger partial charge in [0.15, 0.2) is 0 Å². The van der Waals surface area contributed by atoms with Crippen LogP contribution in [0.2, 0.25) is 0 Å². The molecule has 0 saturated heterocycles. The van der Waals surface area contributed by atoms with Gasteiger partial charge >= 0.3 is 12.0 Å². The number of hydrogen-bond donors (Lipinski definition) is 2. The summed E-state index contributed by atoms with van der Waals surface area (Å²) in [5, 5.41) is 18.8. The largest absolute Gasteiger partial charge is 0.481 e. The summed E-state index contributed by atoms with van der Waals surface area (Å²) in [6, 6.07) is 0.545. The van der Waals surface area contributed by atoms with E-state index in [1.165, 1.54) is 0 Å². The summed E-state index contributed by atoms with van der Waals surface area (Å²) in [7, 11) is 0. The highest BCUT2D eigenvalue weighted by Gasteiger charge is 2.08. The number of nitrogens with one attached hydrogen (secondary N) is 1. The Labute approximate surface area is 81.3 Å². The maximum absolute atomic E-state index is 10.3. The first kappa shape index (κ1) is 10.5. The van der Waals surface area contributed by atoms with Gasteiger partial charge in [0.2, 0.25) is 5.89 Å². The third-order valence-electron chi connectivity index (χ3n) is 1.43. The Bertz CT molecular complexity index is 309. The van der Waals surface area contributed by atoms with Gasteiger partial charge in [-0.25, -0.2) is 0 Å². The number of carboxylic acid groups (broad SMARTS) is 1. The second kappa shape index (κ2) is 4.59. The second-order valence-electron chi connectivity index (χ2n) is 3.19. The van der Waals surface area contributed by atoms with Crippen LogP contribution >= 0.6 is 0 Å². The van der Waals surface area contributed by atoms with E-state index < -0.39 is 5.97 Å². The first-order chi connectivity index (χ1) is 6.58. The minimum absolute atomic E-state index is 0.00329. The Kier molecular flexibility index (Phi) is 3.44. The number of rotatable bonds is 5. The third kappa shape index (κ3) is 3.42. The minimum atomic E-state index is -0.874. The molecular formula is C8H13N3O3. The van der Waals surface area contributed by atoms with E-state index >= 15 is 0 Å². The highest BCUT2D eigenvalue weighted by Crippen LogP contribution is 2.08. The van der Waals surface area contributed by atoms with Crippen molar-refractivity contribution in [1.82, 2.24) is 10.2 Å². The van der Waals surface area contributed by atoms with Gasteiger partial charge < -0.3 is 14.8 Å². The fraction of sp³-hybridized carbons (Fsp3) is 0.625. The predicted molar refractivity (Wildman–Crippen MR) is 49.0 cm³/mol. The number of carboxylic acids is 1. The number of aliphatic carboxylic acids is 1. The fourth-order valence-electron chi connectivity index (χ4n) is 0.874. The highest BCUT2D eigenvalue weighted by atomic mass is 16.4. The van der Waals surface area contributed by atoms with Crippen molar-refractivity contribution < 1.29 is 14.3 Å². The molecule has 0 aliphatic heterocycles. The summed E-state index contributed by atoms with van der Waals surface area (Å²) in [5.41, 5.74) is 0. The average Bonchev–Trinajstić information content (AvgIpc) is 2.47. The number of hydrogen-bond acceptors (Lipinski definition) is 5. The molecule has 0 radical (unpaired) electrons. The Morgan fingerprint density at radius 2 is 2.29 bits per heavy atom. The molecule has 1 heterocycles. The molecule has 0 aliphatic carbocycles. The Balaban J connectivity index is 2.46. The Morgan fingerprint density at radius 3 is 2.86 bits per heavy atom. The maximum atomic E-state index is 10.3. The van der Waals surface area contributed by atoms with Gasteiger partial charge in [0, 0.05) is 12.5 Å². The van der Waals surface area contributed by atoms with E-state index in [1.807, 2.05) is 13.8 Å². The van der Waals surface area contributed by atoms with Gasteiger partial charge in [-0.05, 0) is 13.8 Å². The molecule has 2 N–H and O–H groups in total. The van der Waals surface area contributed by atoms with Crippen LogP contribution in [0.3, 0.4) is 0 Å². The van der Waals surface area contributed by atoms with E-state index in [1.54, 1.807) is 0 Å². The predicted octanol–water partition coefficient (Wildman–Crippen LogP) is 0.907. The van der Waals surface area contributed by atoms with Crippen molar-refractivity contribution in [3.05, 3.63) is 5.89 Å². The quantitative estimate of drug-likeness (QED) is 0.732. The minimum Gasteiger partial charge on any atom is -0.481 e. The van der Waals surface area contributed by atoms with Gasteiger partial charge in [0.05, 0.1) is 6.42 Å². The third-order valence-corrected chi connectivity index (χ3v) is 1.43. The molecule has 0 aromatic carbocycles. The smallest absolute Gasteiger partial charge is 0.315 e. The molecule has 0 atom stereocenters. The summed E-state index contributed by atoms with van der Waals surface area (Å²) < 4.78 is 5.15. The molecule has 1 aromatic heterocycles. The van der Waals surface area contributed by atoms with Gasteiger partial charge in [-0.15, -0.1) is 5.10 Å². The summed E-state index contributed by atoms with van der Waals surface area (Å²) in [6.45, 7) is 3.89. The average molecular weight is 199 g/mol. The molecule has 0 aliphatic rings. The van der Waals surface area contributed by atoms with Crippen molar-refractivity contribution in [2.45, 2.75) is 32.7 Å². The molecule has 78 valence electrons. The van der Waals surface area contributed by atoms with Gasteiger partial charge in [-0.1, -0.05) is 5.10 Å². The lowest BCUT2D eigenvalue weighted by Crippen LogP contribution is -2.09. The monoisotopic (exact) mass is 199 g/mol. The summed E-state index contributed by atoms with van der Waals surface area (Å²) in [4.78, 5) is 10.3. The van der Waals surface area contributed by atoms with E-state index in [0.29, 0.717) is 11.9 Å². The number of aryl methyl sites for hydroxylation is 1. The van der Waals surface area contributed by atoms with Gasteiger partial charge in [0.25, 0.3) is 0 Å². The molecule has 14 heavy (non-hydrogen) atoms. The topological polar surface area (TPSA) is 88.2 Å². The summed E-state index contributed by atoms with van der Waals surface area (Å²) >= 11 is 0. The van der Waals surface area contributed by atoms with Crippen LogP contribution < -0.4 is 5.32 Å². The number of carbonyl (C=O) groups is 1. The zero-order valence-corrected chi connectivity index (χ0v) is 8.15. The van der Waals surface area contributed by atoms with Crippen LogP contribution in [0.4, 0.5) is 6.01 Å². The SMILES string of the molecule is CC(C)Nc1nnc(CCC(=O)O)o1. The van der Waals surface area contributed by atoms with Gasteiger partial charge in [-0.2, -0.15) is 0 Å². The van der Waals surface area contributed by atoms with Crippen molar-refractivity contribution in [3.8, 4) is 0 Å². The molecule has 6 heteroatoms. The van der Waals surface area contributed by atoms with Crippen molar-refractivity contribution >= 4 is 12.0 Å². The highest BCUT2D eigenvalue weighted by molar-refractivity contribution is 5.66. The molecule has 1 aromatic rings. The lowest BCUT2D eigenvalue weighted by atomic mass is 10.3. The van der Waals surface area contributed by atoms with Crippen LogP contribution in [0.15, 0.2) is 4.42 Å². The lowest BCUT2D eigenvalue weighted by molar-refractivity contribution is -0.137. The van der Waals surface area contributed by atoms with Crippen LogP contribution in [0.5, 0.6) is 0 Å². The van der Waals surface area contributed by atoms with E-state index in [9.17, 15) is 4.79 Å². The van der Waals surface area contributed by atoms with Gasteiger partial charge in [-0.3, -0.25) is 4.79 Å². The normalized spacial score (nSPS) is 10.5. The van der Waals surface area contributed by atoms with Crippen molar-refractivity contribution in [1.29, 1.82) is 0 Å². The standard InChI is InChI=1S/C8H13N3O3/c1-5(2)9-8-11-10-6(14-8)3-4-7(12)13/h5H,3-4H2,1-2H3,(H,9,11)(H,12,13). The maximum Gasteiger partial charge on any atom is 0.315 e. The van der Waals surface area contributed by atoms with Crippen molar-refractivity contribution in [2.24, 2.45) is 0 Å². The second-order valence-corrected chi connectivity index (χ2v) is 3.19. The molecule has 0 spiro atoms. The molecule has 6 nitrogen and oxygen atoms in total. The van der Waals surface area contributed by atoms with Crippen molar-refractivity contribution in [2.75, 3.05) is 5.32 Å². The number of nitrogens with zero attached hydrogens (tertiary/aromatic N) is 2. The van der Waals surface area contributed by atoms with Crippen molar-refractivity contribution in [3.63, 3.8) is 0 Å². The molecule has 0 fully saturated rings. The molecule has 0 unspecified atom stereocenters. The summed E-state index contributed by atoms with van der Waals surface area (Å²) in [5.74, 6) is -0.530. The molecular weight excluding hydrogens is 186 g/mol. The zero-order valence-electron chi connectivity index (χ0n) is 8.15. The number of anilines is 1. The lowest BCUT2D eigenvalue weighted by Gasteiger charge is -2.02. The van der Waals surface area contributed by atoms with E-state index in [4.69, 9.17) is 9.52 Å². The summed E-state index contributed by atoms with van der Waals surface area (Å²) in [6.07, 6.45) is 0.269. The number of aromatic nitrogens is 2. The van der Waals surface area contributed by atoms with Crippen LogP contribution in [0.1, 0.15) is 26.2 Å². The molecule has 0 bridgehead atoms. The van der Waals surface area contributed by atoms with E-state index in [2.05, 4.69) is 15.5 Å². The van der Waals surface area contributed by atoms with E-state index in [-0.39, 0.29) is 18.9 Å².